The minimum absolute atomic E-state index is 0.666. The molecule has 2 aliphatic rings. The van der Waals surface area contributed by atoms with Crippen molar-refractivity contribution >= 4 is 11.6 Å². The van der Waals surface area contributed by atoms with Crippen molar-refractivity contribution in [3.05, 3.63) is 11.6 Å². The normalized spacial score (nSPS) is 32.8. The van der Waals surface area contributed by atoms with E-state index in [2.05, 4.69) is 23.2 Å². The fourth-order valence-corrected chi connectivity index (χ4v) is 3.52. The highest BCUT2D eigenvalue weighted by Gasteiger charge is 2.28. The van der Waals surface area contributed by atoms with Gasteiger partial charge in [-0.25, -0.2) is 0 Å². The second kappa shape index (κ2) is 7.52. The van der Waals surface area contributed by atoms with E-state index in [4.69, 9.17) is 11.6 Å². The van der Waals surface area contributed by atoms with Gasteiger partial charge in [-0.2, -0.15) is 0 Å². The Balaban J connectivity index is 1.93. The molecule has 0 amide bonds. The van der Waals surface area contributed by atoms with E-state index < -0.39 is 0 Å². The SMILES string of the molecule is CC1CCNC(C2CCCCC2)CN1C/C=C/Cl. The Labute approximate surface area is 117 Å². The molecule has 0 aromatic carbocycles. The summed E-state index contributed by atoms with van der Waals surface area (Å²) < 4.78 is 0. The van der Waals surface area contributed by atoms with Crippen LogP contribution >= 0.6 is 11.6 Å². The number of nitrogens with zero attached hydrogens (tertiary/aromatic N) is 1. The van der Waals surface area contributed by atoms with Gasteiger partial charge in [-0.3, -0.25) is 4.90 Å². The van der Waals surface area contributed by atoms with Crippen LogP contribution in [0.2, 0.25) is 0 Å². The molecule has 1 aliphatic heterocycles. The highest BCUT2D eigenvalue weighted by atomic mass is 35.5. The first-order valence-electron chi connectivity index (χ1n) is 7.54. The molecule has 0 spiro atoms. The molecular weight excluding hydrogens is 244 g/mol. The summed E-state index contributed by atoms with van der Waals surface area (Å²) in [5.41, 5.74) is 1.65. The lowest BCUT2D eigenvalue weighted by Crippen LogP contribution is -2.44. The molecule has 3 heteroatoms. The van der Waals surface area contributed by atoms with Gasteiger partial charge in [0.15, 0.2) is 0 Å². The van der Waals surface area contributed by atoms with Gasteiger partial charge in [0.25, 0.3) is 0 Å². The van der Waals surface area contributed by atoms with Crippen LogP contribution in [0.4, 0.5) is 0 Å². The van der Waals surface area contributed by atoms with Crippen LogP contribution in [-0.4, -0.2) is 36.6 Å². The Morgan fingerprint density at radius 1 is 1.22 bits per heavy atom. The lowest BCUT2D eigenvalue weighted by molar-refractivity contribution is 0.186. The summed E-state index contributed by atoms with van der Waals surface area (Å²) in [4.78, 5) is 2.58. The molecule has 0 aromatic rings. The molecule has 2 atom stereocenters. The van der Waals surface area contributed by atoms with Crippen molar-refractivity contribution in [1.29, 1.82) is 0 Å². The number of halogens is 1. The van der Waals surface area contributed by atoms with Gasteiger partial charge in [0, 0.05) is 30.7 Å². The number of hydrogen-bond acceptors (Lipinski definition) is 2. The second-order valence-corrected chi connectivity index (χ2v) is 6.16. The molecule has 104 valence electrons. The Hall–Kier alpha value is -0.0500. The molecule has 2 unspecified atom stereocenters. The molecule has 2 nitrogen and oxygen atoms in total. The minimum Gasteiger partial charge on any atom is -0.312 e. The zero-order valence-electron chi connectivity index (χ0n) is 11.6. The second-order valence-electron chi connectivity index (χ2n) is 5.91. The predicted molar refractivity (Wildman–Crippen MR) is 79.0 cm³/mol. The lowest BCUT2D eigenvalue weighted by Gasteiger charge is -2.34. The molecule has 2 fully saturated rings. The van der Waals surface area contributed by atoms with Gasteiger partial charge in [0.1, 0.15) is 0 Å². The average Bonchev–Trinajstić information content (AvgIpc) is 2.60. The van der Waals surface area contributed by atoms with E-state index in [1.807, 2.05) is 0 Å². The average molecular weight is 271 g/mol. The first-order chi connectivity index (χ1) is 8.81. The third-order valence-corrected chi connectivity index (χ3v) is 4.85. The first-order valence-corrected chi connectivity index (χ1v) is 7.97. The summed E-state index contributed by atoms with van der Waals surface area (Å²) in [6.07, 6.45) is 10.5. The van der Waals surface area contributed by atoms with Crippen LogP contribution in [0.1, 0.15) is 45.4 Å². The summed E-state index contributed by atoms with van der Waals surface area (Å²) in [5, 5.41) is 3.79. The van der Waals surface area contributed by atoms with Crippen molar-refractivity contribution in [3.8, 4) is 0 Å². The van der Waals surface area contributed by atoms with Crippen molar-refractivity contribution in [2.24, 2.45) is 5.92 Å². The van der Waals surface area contributed by atoms with Gasteiger partial charge in [0.05, 0.1) is 0 Å². The van der Waals surface area contributed by atoms with Gasteiger partial charge >= 0.3 is 0 Å². The van der Waals surface area contributed by atoms with E-state index in [-0.39, 0.29) is 0 Å². The molecule has 1 aliphatic carbocycles. The highest BCUT2D eigenvalue weighted by molar-refractivity contribution is 6.25. The number of rotatable bonds is 3. The van der Waals surface area contributed by atoms with E-state index in [1.165, 1.54) is 51.6 Å². The van der Waals surface area contributed by atoms with Crippen molar-refractivity contribution in [2.75, 3.05) is 19.6 Å². The van der Waals surface area contributed by atoms with E-state index in [9.17, 15) is 0 Å². The Morgan fingerprint density at radius 2 is 2.00 bits per heavy atom. The summed E-state index contributed by atoms with van der Waals surface area (Å²) in [5.74, 6) is 0.895. The molecule has 1 heterocycles. The molecule has 1 saturated heterocycles. The van der Waals surface area contributed by atoms with E-state index >= 15 is 0 Å². The maximum Gasteiger partial charge on any atom is 0.0223 e. The maximum atomic E-state index is 5.67. The van der Waals surface area contributed by atoms with Crippen molar-refractivity contribution < 1.29 is 0 Å². The zero-order valence-corrected chi connectivity index (χ0v) is 12.3. The maximum absolute atomic E-state index is 5.67. The van der Waals surface area contributed by atoms with Gasteiger partial charge in [-0.15, -0.1) is 0 Å². The molecule has 2 rings (SSSR count). The monoisotopic (exact) mass is 270 g/mol. The van der Waals surface area contributed by atoms with Crippen molar-refractivity contribution in [1.82, 2.24) is 10.2 Å². The van der Waals surface area contributed by atoms with Crippen LogP contribution in [0.3, 0.4) is 0 Å². The molecular formula is C15H27ClN2. The summed E-state index contributed by atoms with van der Waals surface area (Å²) >= 11 is 5.67. The minimum atomic E-state index is 0.666. The van der Waals surface area contributed by atoms with Gasteiger partial charge < -0.3 is 5.32 Å². The third-order valence-electron chi connectivity index (χ3n) is 4.67. The predicted octanol–water partition coefficient (Wildman–Crippen LogP) is 3.37. The van der Waals surface area contributed by atoms with Crippen LogP contribution in [0.5, 0.6) is 0 Å². The Bertz CT molecular complexity index is 261. The van der Waals surface area contributed by atoms with Crippen LogP contribution < -0.4 is 5.32 Å². The van der Waals surface area contributed by atoms with E-state index in [0.717, 1.165) is 12.5 Å². The van der Waals surface area contributed by atoms with Crippen LogP contribution in [-0.2, 0) is 0 Å². The van der Waals surface area contributed by atoms with Crippen molar-refractivity contribution in [3.63, 3.8) is 0 Å². The van der Waals surface area contributed by atoms with Crippen LogP contribution in [0.25, 0.3) is 0 Å². The summed E-state index contributed by atoms with van der Waals surface area (Å²) in [6.45, 7) is 5.69. The van der Waals surface area contributed by atoms with Crippen molar-refractivity contribution in [2.45, 2.75) is 57.5 Å². The van der Waals surface area contributed by atoms with Crippen LogP contribution in [0, 0.1) is 5.92 Å². The van der Waals surface area contributed by atoms with Gasteiger partial charge in [-0.05, 0) is 38.6 Å². The quantitative estimate of drug-likeness (QED) is 0.846. The number of hydrogen-bond donors (Lipinski definition) is 1. The molecule has 0 radical (unpaired) electrons. The first kappa shape index (κ1) is 14.4. The molecule has 18 heavy (non-hydrogen) atoms. The van der Waals surface area contributed by atoms with Gasteiger partial charge in [0.2, 0.25) is 0 Å². The lowest BCUT2D eigenvalue weighted by atomic mass is 9.83. The largest absolute Gasteiger partial charge is 0.312 e. The smallest absolute Gasteiger partial charge is 0.0223 e. The third kappa shape index (κ3) is 3.97. The summed E-state index contributed by atoms with van der Waals surface area (Å²) in [6, 6.07) is 1.36. The Kier molecular flexibility index (Phi) is 6.00. The van der Waals surface area contributed by atoms with E-state index in [1.54, 1.807) is 5.54 Å². The molecule has 0 bridgehead atoms. The van der Waals surface area contributed by atoms with Crippen LogP contribution in [0.15, 0.2) is 11.6 Å². The van der Waals surface area contributed by atoms with E-state index in [0.29, 0.717) is 12.1 Å². The summed E-state index contributed by atoms with van der Waals surface area (Å²) in [7, 11) is 0. The fourth-order valence-electron chi connectivity index (χ4n) is 3.44. The molecule has 0 aromatic heterocycles. The fraction of sp³-hybridized carbons (Fsp3) is 0.867. The highest BCUT2D eigenvalue weighted by Crippen LogP contribution is 2.28. The van der Waals surface area contributed by atoms with Gasteiger partial charge in [-0.1, -0.05) is 36.9 Å². The Morgan fingerprint density at radius 3 is 2.72 bits per heavy atom. The molecule has 1 N–H and O–H groups in total. The standard InChI is InChI=1S/C15H27ClN2/c1-13-8-10-17-15(12-18(13)11-5-9-16)14-6-3-2-4-7-14/h5,9,13-15,17H,2-4,6-8,10-12H2,1H3/b9-5+. The molecule has 1 saturated carbocycles. The number of nitrogens with one attached hydrogen (secondary N) is 1. The zero-order chi connectivity index (χ0) is 12.8. The topological polar surface area (TPSA) is 15.3 Å².